The molecule has 0 aromatic carbocycles. The van der Waals surface area contributed by atoms with E-state index in [2.05, 4.69) is 5.32 Å². The lowest BCUT2D eigenvalue weighted by Gasteiger charge is -2.31. The van der Waals surface area contributed by atoms with Gasteiger partial charge in [0.25, 0.3) is 0 Å². The van der Waals surface area contributed by atoms with E-state index >= 15 is 0 Å². The molecule has 1 amide bonds. The highest BCUT2D eigenvalue weighted by Crippen LogP contribution is 2.19. The van der Waals surface area contributed by atoms with Gasteiger partial charge >= 0.3 is 0 Å². The molecule has 0 aliphatic carbocycles. The molecule has 1 rings (SSSR count). The van der Waals surface area contributed by atoms with Crippen LogP contribution < -0.4 is 5.32 Å². The van der Waals surface area contributed by atoms with Crippen molar-refractivity contribution in [1.29, 1.82) is 0 Å². The van der Waals surface area contributed by atoms with Gasteiger partial charge in [-0.2, -0.15) is 0 Å². The monoisotopic (exact) mass is 276 g/mol. The fourth-order valence-corrected chi connectivity index (χ4v) is 2.97. The van der Waals surface area contributed by atoms with Crippen molar-refractivity contribution in [2.24, 2.45) is 5.41 Å². The number of sulfonamides is 1. The largest absolute Gasteiger partial charge is 0.353 e. The number of hydrogen-bond donors (Lipinski definition) is 1. The number of nitrogens with one attached hydrogen (secondary N) is 1. The summed E-state index contributed by atoms with van der Waals surface area (Å²) in [7, 11) is -3.09. The van der Waals surface area contributed by atoms with Gasteiger partial charge in [0.2, 0.25) is 15.9 Å². The molecule has 1 aliphatic rings. The minimum Gasteiger partial charge on any atom is -0.353 e. The summed E-state index contributed by atoms with van der Waals surface area (Å²) in [6, 6.07) is 0.109. The van der Waals surface area contributed by atoms with Gasteiger partial charge < -0.3 is 5.32 Å². The van der Waals surface area contributed by atoms with E-state index in [1.165, 1.54) is 10.6 Å². The Morgan fingerprint density at radius 1 is 1.28 bits per heavy atom. The fourth-order valence-electron chi connectivity index (χ4n) is 2.09. The quantitative estimate of drug-likeness (QED) is 0.835. The van der Waals surface area contributed by atoms with Gasteiger partial charge in [0, 0.05) is 25.6 Å². The molecule has 1 N–H and O–H groups in total. The maximum Gasteiger partial charge on any atom is 0.220 e. The van der Waals surface area contributed by atoms with Crippen molar-refractivity contribution in [2.75, 3.05) is 19.3 Å². The molecule has 5 nitrogen and oxygen atoms in total. The van der Waals surface area contributed by atoms with E-state index in [4.69, 9.17) is 0 Å². The summed E-state index contributed by atoms with van der Waals surface area (Å²) in [4.78, 5) is 11.8. The lowest BCUT2D eigenvalue weighted by Crippen LogP contribution is -2.46. The van der Waals surface area contributed by atoms with E-state index < -0.39 is 10.0 Å². The van der Waals surface area contributed by atoms with Crippen LogP contribution in [0.1, 0.15) is 40.0 Å². The Morgan fingerprint density at radius 3 is 2.17 bits per heavy atom. The van der Waals surface area contributed by atoms with E-state index in [9.17, 15) is 13.2 Å². The Bertz CT molecular complexity index is 390. The van der Waals surface area contributed by atoms with Crippen LogP contribution in [0.25, 0.3) is 0 Å². The van der Waals surface area contributed by atoms with Crippen molar-refractivity contribution in [3.05, 3.63) is 0 Å². The van der Waals surface area contributed by atoms with Gasteiger partial charge in [0.05, 0.1) is 6.26 Å². The molecule has 0 spiro atoms. The Hall–Kier alpha value is -0.620. The first-order valence-electron chi connectivity index (χ1n) is 6.32. The minimum atomic E-state index is -3.09. The molecule has 0 unspecified atom stereocenters. The van der Waals surface area contributed by atoms with Crippen molar-refractivity contribution in [2.45, 2.75) is 46.1 Å². The van der Waals surface area contributed by atoms with Gasteiger partial charge in [0.15, 0.2) is 0 Å². The summed E-state index contributed by atoms with van der Waals surface area (Å²) < 4.78 is 24.2. The molecule has 0 aromatic rings. The van der Waals surface area contributed by atoms with Crippen molar-refractivity contribution in [3.8, 4) is 0 Å². The molecular weight excluding hydrogens is 252 g/mol. The van der Waals surface area contributed by atoms with Crippen LogP contribution in [0.4, 0.5) is 0 Å². The second-order valence-corrected chi connectivity index (χ2v) is 8.22. The zero-order valence-electron chi connectivity index (χ0n) is 11.7. The number of hydrogen-bond acceptors (Lipinski definition) is 3. The van der Waals surface area contributed by atoms with Gasteiger partial charge in [-0.1, -0.05) is 20.8 Å². The van der Waals surface area contributed by atoms with Crippen LogP contribution in [0, 0.1) is 5.41 Å². The summed E-state index contributed by atoms with van der Waals surface area (Å²) in [6.45, 7) is 7.08. The van der Waals surface area contributed by atoms with Gasteiger partial charge in [-0.05, 0) is 18.3 Å². The van der Waals surface area contributed by atoms with Crippen LogP contribution >= 0.6 is 0 Å². The Kier molecular flexibility index (Phi) is 4.78. The Balaban J connectivity index is 2.38. The first-order valence-corrected chi connectivity index (χ1v) is 8.17. The number of amides is 1. The number of rotatable bonds is 3. The smallest absolute Gasteiger partial charge is 0.220 e. The lowest BCUT2D eigenvalue weighted by molar-refractivity contribution is -0.123. The average Bonchev–Trinajstić information content (AvgIpc) is 2.13. The molecule has 0 saturated carbocycles. The summed E-state index contributed by atoms with van der Waals surface area (Å²) >= 11 is 0. The molecule has 0 bridgehead atoms. The molecule has 0 atom stereocenters. The maximum atomic E-state index is 11.8. The highest BCUT2D eigenvalue weighted by Gasteiger charge is 2.26. The first-order chi connectivity index (χ1) is 8.08. The SMILES string of the molecule is CC(C)(C)CC(=O)NC1CCN(S(C)(=O)=O)CC1. The second-order valence-electron chi connectivity index (χ2n) is 6.24. The predicted octanol–water partition coefficient (Wildman–Crippen LogP) is 0.963. The summed E-state index contributed by atoms with van der Waals surface area (Å²) in [6.07, 6.45) is 3.12. The zero-order valence-corrected chi connectivity index (χ0v) is 12.5. The highest BCUT2D eigenvalue weighted by molar-refractivity contribution is 7.88. The van der Waals surface area contributed by atoms with E-state index in [0.717, 1.165) is 0 Å². The summed E-state index contributed by atoms with van der Waals surface area (Å²) in [5.41, 5.74) is -0.0163. The number of nitrogens with zero attached hydrogens (tertiary/aromatic N) is 1. The third kappa shape index (κ3) is 5.35. The van der Waals surface area contributed by atoms with Crippen LogP contribution in [0.3, 0.4) is 0 Å². The second kappa shape index (κ2) is 5.57. The summed E-state index contributed by atoms with van der Waals surface area (Å²) in [5, 5.41) is 2.99. The molecule has 0 radical (unpaired) electrons. The third-order valence-corrected chi connectivity index (χ3v) is 4.28. The van der Waals surface area contributed by atoms with Gasteiger partial charge in [-0.15, -0.1) is 0 Å². The maximum absolute atomic E-state index is 11.8. The van der Waals surface area contributed by atoms with Crippen molar-refractivity contribution >= 4 is 15.9 Å². The van der Waals surface area contributed by atoms with E-state index in [0.29, 0.717) is 32.4 Å². The molecule has 1 heterocycles. The zero-order chi connectivity index (χ0) is 14.0. The standard InChI is InChI=1S/C12H24N2O3S/c1-12(2,3)9-11(15)13-10-5-7-14(8-6-10)18(4,16)17/h10H,5-9H2,1-4H3,(H,13,15). The molecule has 6 heteroatoms. The lowest BCUT2D eigenvalue weighted by atomic mass is 9.91. The van der Waals surface area contributed by atoms with Crippen LogP contribution in [0.15, 0.2) is 0 Å². The molecule has 1 aliphatic heterocycles. The van der Waals surface area contributed by atoms with Crippen LogP contribution in [0.5, 0.6) is 0 Å². The van der Waals surface area contributed by atoms with Crippen LogP contribution in [0.2, 0.25) is 0 Å². The molecule has 1 saturated heterocycles. The van der Waals surface area contributed by atoms with E-state index in [1.807, 2.05) is 20.8 Å². The number of piperidine rings is 1. The highest BCUT2D eigenvalue weighted by atomic mass is 32.2. The normalized spacial score (nSPS) is 19.8. The average molecular weight is 276 g/mol. The molecule has 106 valence electrons. The molecule has 18 heavy (non-hydrogen) atoms. The number of carbonyl (C=O) groups excluding carboxylic acids is 1. The predicted molar refractivity (Wildman–Crippen MR) is 71.7 cm³/mol. The van der Waals surface area contributed by atoms with Crippen molar-refractivity contribution in [1.82, 2.24) is 9.62 Å². The summed E-state index contributed by atoms with van der Waals surface area (Å²) in [5.74, 6) is 0.0558. The van der Waals surface area contributed by atoms with Crippen molar-refractivity contribution in [3.63, 3.8) is 0 Å². The fraction of sp³-hybridized carbons (Fsp3) is 0.917. The van der Waals surface area contributed by atoms with Crippen LogP contribution in [-0.4, -0.2) is 44.0 Å². The molecular formula is C12H24N2O3S. The minimum absolute atomic E-state index is 0.0163. The van der Waals surface area contributed by atoms with Gasteiger partial charge in [0.1, 0.15) is 0 Å². The van der Waals surface area contributed by atoms with Crippen LogP contribution in [-0.2, 0) is 14.8 Å². The first kappa shape index (κ1) is 15.4. The Labute approximate surface area is 110 Å². The molecule has 1 fully saturated rings. The van der Waals surface area contributed by atoms with E-state index in [1.54, 1.807) is 0 Å². The van der Waals surface area contributed by atoms with E-state index in [-0.39, 0.29) is 17.4 Å². The third-order valence-electron chi connectivity index (χ3n) is 2.98. The topological polar surface area (TPSA) is 66.5 Å². The molecule has 0 aromatic heterocycles. The van der Waals surface area contributed by atoms with Gasteiger partial charge in [-0.3, -0.25) is 4.79 Å². The number of carbonyl (C=O) groups is 1. The Morgan fingerprint density at radius 2 is 1.78 bits per heavy atom. The van der Waals surface area contributed by atoms with Crippen molar-refractivity contribution < 1.29 is 13.2 Å². The van der Waals surface area contributed by atoms with Gasteiger partial charge in [-0.25, -0.2) is 12.7 Å².